The van der Waals surface area contributed by atoms with Gasteiger partial charge in [-0.25, -0.2) is 0 Å². The van der Waals surface area contributed by atoms with Crippen LogP contribution in [0.2, 0.25) is 0 Å². The number of benzene rings is 1. The average molecular weight is 525 g/mol. The molecule has 5 N–H and O–H groups in total. The number of carbonyl (C=O) groups excluding carboxylic acids is 4. The van der Waals surface area contributed by atoms with Crippen LogP contribution in [0.5, 0.6) is 0 Å². The zero-order chi connectivity index (χ0) is 28.1. The zero-order valence-corrected chi connectivity index (χ0v) is 21.3. The number of rotatable bonds is 14. The minimum Gasteiger partial charge on any atom is -0.391 e. The molecule has 1 aromatic carbocycles. The van der Waals surface area contributed by atoms with Crippen LogP contribution >= 0.6 is 0 Å². The Labute approximate surface area is 220 Å². The fourth-order valence-corrected chi connectivity index (χ4v) is 3.37. The predicted octanol–water partition coefficient (Wildman–Crippen LogP) is 0.630. The first-order valence-electron chi connectivity index (χ1n) is 12.0. The number of aliphatic hydroxyl groups is 1. The van der Waals surface area contributed by atoms with Gasteiger partial charge in [0.1, 0.15) is 29.5 Å². The fourth-order valence-electron chi connectivity index (χ4n) is 3.37. The average Bonchev–Trinajstić information content (AvgIpc) is 3.35. The van der Waals surface area contributed by atoms with E-state index in [1.54, 1.807) is 13.0 Å². The molecule has 2 rings (SSSR count). The van der Waals surface area contributed by atoms with Crippen molar-refractivity contribution in [1.29, 1.82) is 5.26 Å². The summed E-state index contributed by atoms with van der Waals surface area (Å²) in [5, 5.41) is 32.8. The van der Waals surface area contributed by atoms with E-state index in [0.717, 1.165) is 5.56 Å². The Hall–Kier alpha value is -4.50. The van der Waals surface area contributed by atoms with Gasteiger partial charge < -0.3 is 30.9 Å². The Kier molecular flexibility index (Phi) is 11.7. The first-order valence-corrected chi connectivity index (χ1v) is 12.0. The summed E-state index contributed by atoms with van der Waals surface area (Å²) < 4.78 is 4.87. The van der Waals surface area contributed by atoms with Crippen LogP contribution in [-0.4, -0.2) is 58.6 Å². The van der Waals surface area contributed by atoms with Crippen molar-refractivity contribution in [3.8, 4) is 6.07 Å². The second kappa shape index (κ2) is 14.9. The second-order valence-electron chi connectivity index (χ2n) is 8.62. The topological polar surface area (TPSA) is 186 Å². The number of hydrogen-bond donors (Lipinski definition) is 5. The van der Waals surface area contributed by atoms with Gasteiger partial charge in [0.25, 0.3) is 11.8 Å². The lowest BCUT2D eigenvalue weighted by Crippen LogP contribution is -2.57. The molecule has 1 heterocycles. The highest BCUT2D eigenvalue weighted by Crippen LogP contribution is 2.07. The Morgan fingerprint density at radius 3 is 2.42 bits per heavy atom. The van der Waals surface area contributed by atoms with E-state index >= 15 is 0 Å². The number of nitrogens with one attached hydrogen (secondary N) is 4. The number of nitrogens with zero attached hydrogens (tertiary/aromatic N) is 2. The van der Waals surface area contributed by atoms with Gasteiger partial charge in [0.2, 0.25) is 11.8 Å². The van der Waals surface area contributed by atoms with Gasteiger partial charge in [-0.3, -0.25) is 19.2 Å². The maximum absolute atomic E-state index is 13.0. The van der Waals surface area contributed by atoms with Gasteiger partial charge in [-0.05, 0) is 38.7 Å². The monoisotopic (exact) mass is 524 g/mol. The zero-order valence-electron chi connectivity index (χ0n) is 21.3. The van der Waals surface area contributed by atoms with Crippen molar-refractivity contribution in [1.82, 2.24) is 26.4 Å². The van der Waals surface area contributed by atoms with E-state index in [4.69, 9.17) is 9.78 Å². The van der Waals surface area contributed by atoms with Gasteiger partial charge in [0.15, 0.2) is 5.69 Å². The van der Waals surface area contributed by atoms with Crippen molar-refractivity contribution >= 4 is 23.6 Å². The van der Waals surface area contributed by atoms with Crippen molar-refractivity contribution in [2.24, 2.45) is 0 Å². The van der Waals surface area contributed by atoms with Gasteiger partial charge in [0.05, 0.1) is 6.10 Å². The number of aryl methyl sites for hydroxylation is 1. The fraction of sp³-hybridized carbons (Fsp3) is 0.385. The number of nitriles is 1. The van der Waals surface area contributed by atoms with E-state index in [0.29, 0.717) is 18.6 Å². The van der Waals surface area contributed by atoms with Crippen molar-refractivity contribution < 1.29 is 28.8 Å². The molecule has 0 radical (unpaired) electrons. The molecule has 0 spiro atoms. The predicted molar refractivity (Wildman–Crippen MR) is 136 cm³/mol. The molecule has 202 valence electrons. The second-order valence-corrected chi connectivity index (χ2v) is 8.62. The molecule has 12 heteroatoms. The van der Waals surface area contributed by atoms with Crippen LogP contribution in [0.3, 0.4) is 0 Å². The SMILES string of the molecule is C=C(C#N)C(=O)NCCCC[C@H](NC(=O)[C@@H](NC(=O)c1cc(C)on1)[C@@H](C)O)C(=O)NCc1ccccc1. The summed E-state index contributed by atoms with van der Waals surface area (Å²) >= 11 is 0. The number of amides is 4. The van der Waals surface area contributed by atoms with E-state index in [-0.39, 0.29) is 30.8 Å². The van der Waals surface area contributed by atoms with Crippen LogP contribution in [0.25, 0.3) is 0 Å². The Balaban J connectivity index is 2.03. The lowest BCUT2D eigenvalue weighted by Gasteiger charge is -2.24. The quantitative estimate of drug-likeness (QED) is 0.135. The summed E-state index contributed by atoms with van der Waals surface area (Å²) in [6.45, 7) is 6.76. The molecule has 0 aliphatic heterocycles. The van der Waals surface area contributed by atoms with Gasteiger partial charge in [0, 0.05) is 19.2 Å². The Morgan fingerprint density at radius 1 is 1.11 bits per heavy atom. The third kappa shape index (κ3) is 9.51. The van der Waals surface area contributed by atoms with Crippen LogP contribution in [0.4, 0.5) is 0 Å². The molecule has 0 aliphatic rings. The third-order valence-electron chi connectivity index (χ3n) is 5.47. The molecule has 0 bridgehead atoms. The smallest absolute Gasteiger partial charge is 0.274 e. The first kappa shape index (κ1) is 29.7. The summed E-state index contributed by atoms with van der Waals surface area (Å²) in [4.78, 5) is 50.1. The molecule has 0 unspecified atom stereocenters. The van der Waals surface area contributed by atoms with Gasteiger partial charge in [-0.15, -0.1) is 0 Å². The molecule has 2 aromatic rings. The van der Waals surface area contributed by atoms with E-state index in [9.17, 15) is 24.3 Å². The number of carbonyl (C=O) groups is 4. The van der Waals surface area contributed by atoms with Crippen LogP contribution in [0.1, 0.15) is 48.0 Å². The van der Waals surface area contributed by atoms with E-state index in [1.807, 2.05) is 30.3 Å². The molecule has 0 aliphatic carbocycles. The number of hydrogen-bond acceptors (Lipinski definition) is 8. The molecule has 12 nitrogen and oxygen atoms in total. The minimum atomic E-state index is -1.36. The summed E-state index contributed by atoms with van der Waals surface area (Å²) in [6.07, 6.45) is -0.161. The van der Waals surface area contributed by atoms with Crippen molar-refractivity contribution in [3.05, 3.63) is 65.6 Å². The molecule has 1 aromatic heterocycles. The summed E-state index contributed by atoms with van der Waals surface area (Å²) in [5.74, 6) is -2.10. The molecule has 3 atom stereocenters. The minimum absolute atomic E-state index is 0.0563. The van der Waals surface area contributed by atoms with E-state index in [1.165, 1.54) is 13.0 Å². The lowest BCUT2D eigenvalue weighted by molar-refractivity contribution is -0.131. The molecule has 4 amide bonds. The summed E-state index contributed by atoms with van der Waals surface area (Å²) in [6, 6.07) is 9.92. The molecular weight excluding hydrogens is 492 g/mol. The molecule has 0 saturated heterocycles. The highest BCUT2D eigenvalue weighted by molar-refractivity contribution is 5.97. The largest absolute Gasteiger partial charge is 0.391 e. The summed E-state index contributed by atoms with van der Waals surface area (Å²) in [5.41, 5.74) is 0.602. The van der Waals surface area contributed by atoms with Gasteiger partial charge >= 0.3 is 0 Å². The molecule has 38 heavy (non-hydrogen) atoms. The van der Waals surface area contributed by atoms with E-state index < -0.39 is 41.8 Å². The highest BCUT2D eigenvalue weighted by atomic mass is 16.5. The van der Waals surface area contributed by atoms with Crippen molar-refractivity contribution in [2.45, 2.75) is 57.8 Å². The maximum Gasteiger partial charge on any atom is 0.274 e. The Bertz CT molecular complexity index is 1170. The normalized spacial score (nSPS) is 12.8. The van der Waals surface area contributed by atoms with Crippen LogP contribution < -0.4 is 21.3 Å². The summed E-state index contributed by atoms with van der Waals surface area (Å²) in [7, 11) is 0. The van der Waals surface area contributed by atoms with Crippen LogP contribution in [0, 0.1) is 18.3 Å². The van der Waals surface area contributed by atoms with Crippen LogP contribution in [-0.2, 0) is 20.9 Å². The first-order chi connectivity index (χ1) is 18.1. The van der Waals surface area contributed by atoms with E-state index in [2.05, 4.69) is 33.0 Å². The van der Waals surface area contributed by atoms with Crippen LogP contribution in [0.15, 0.2) is 53.1 Å². The van der Waals surface area contributed by atoms with Gasteiger partial charge in [-0.2, -0.15) is 5.26 Å². The standard InChI is InChI=1S/C26H32N6O6/c1-16(14-27)23(34)28-12-8-7-11-20(24(35)29-15-19-9-5-4-6-10-19)30-26(37)22(18(3)33)31-25(36)21-13-17(2)38-32-21/h4-6,9-10,13,18,20,22,33H,1,7-8,11-12,15H2,2-3H3,(H,28,34)(H,29,35)(H,30,37)(H,31,36)/t18-,20+,22+/m1/s1. The van der Waals surface area contributed by atoms with Crippen molar-refractivity contribution in [3.63, 3.8) is 0 Å². The van der Waals surface area contributed by atoms with Gasteiger partial charge in [-0.1, -0.05) is 42.1 Å². The number of unbranched alkanes of at least 4 members (excludes halogenated alkanes) is 1. The number of aromatic nitrogens is 1. The molecule has 0 fully saturated rings. The third-order valence-corrected chi connectivity index (χ3v) is 5.47. The highest BCUT2D eigenvalue weighted by Gasteiger charge is 2.30. The Morgan fingerprint density at radius 2 is 1.82 bits per heavy atom. The lowest BCUT2D eigenvalue weighted by atomic mass is 10.1. The molecular formula is C26H32N6O6. The number of aliphatic hydroxyl groups excluding tert-OH is 1. The van der Waals surface area contributed by atoms with Crippen molar-refractivity contribution in [2.75, 3.05) is 6.54 Å². The maximum atomic E-state index is 13.0. The molecule has 0 saturated carbocycles.